The van der Waals surface area contributed by atoms with Gasteiger partial charge in [0, 0.05) is 12.5 Å². The summed E-state index contributed by atoms with van der Waals surface area (Å²) in [6.07, 6.45) is 0.0771. The SMILES string of the molecule is C=CC(=O)OC(CCCC(=O)OCC)C(=O)O. The van der Waals surface area contributed by atoms with Gasteiger partial charge in [-0.15, -0.1) is 0 Å². The minimum absolute atomic E-state index is 0.0632. The van der Waals surface area contributed by atoms with Crippen molar-refractivity contribution in [1.29, 1.82) is 0 Å². The highest BCUT2D eigenvalue weighted by Crippen LogP contribution is 2.07. The van der Waals surface area contributed by atoms with Crippen molar-refractivity contribution in [3.05, 3.63) is 12.7 Å². The molecule has 1 N–H and O–H groups in total. The fourth-order valence-corrected chi connectivity index (χ4v) is 1.09. The lowest BCUT2D eigenvalue weighted by atomic mass is 10.1. The molecule has 0 aliphatic rings. The first-order valence-corrected chi connectivity index (χ1v) is 5.22. The van der Waals surface area contributed by atoms with Crippen molar-refractivity contribution in [2.45, 2.75) is 32.3 Å². The van der Waals surface area contributed by atoms with E-state index in [4.69, 9.17) is 5.11 Å². The molecule has 1 unspecified atom stereocenters. The molecule has 0 aromatic rings. The molecule has 0 spiro atoms. The van der Waals surface area contributed by atoms with Crippen molar-refractivity contribution in [1.82, 2.24) is 0 Å². The highest BCUT2D eigenvalue weighted by molar-refractivity contribution is 5.84. The first-order valence-electron chi connectivity index (χ1n) is 5.22. The number of carboxylic acid groups (broad SMARTS) is 1. The number of carbonyl (C=O) groups is 3. The first kappa shape index (κ1) is 15.2. The standard InChI is InChI=1S/C11H16O6/c1-3-9(12)17-8(11(14)15)6-5-7-10(13)16-4-2/h3,8H,1,4-7H2,2H3,(H,14,15). The summed E-state index contributed by atoms with van der Waals surface area (Å²) in [7, 11) is 0. The Labute approximate surface area is 99.2 Å². The highest BCUT2D eigenvalue weighted by Gasteiger charge is 2.21. The summed E-state index contributed by atoms with van der Waals surface area (Å²) < 4.78 is 9.27. The molecular formula is C11H16O6. The molecule has 0 aliphatic carbocycles. The molecule has 17 heavy (non-hydrogen) atoms. The van der Waals surface area contributed by atoms with E-state index in [9.17, 15) is 14.4 Å². The Balaban J connectivity index is 4.01. The average molecular weight is 244 g/mol. The number of hydrogen-bond acceptors (Lipinski definition) is 5. The maximum absolute atomic E-state index is 11.0. The summed E-state index contributed by atoms with van der Waals surface area (Å²) in [5.74, 6) is -2.44. The van der Waals surface area contributed by atoms with Gasteiger partial charge in [0.25, 0.3) is 0 Å². The van der Waals surface area contributed by atoms with Crippen LogP contribution in [0, 0.1) is 0 Å². The van der Waals surface area contributed by atoms with Crippen molar-refractivity contribution < 1.29 is 29.0 Å². The number of carbonyl (C=O) groups excluding carboxylic acids is 2. The van der Waals surface area contributed by atoms with Crippen molar-refractivity contribution in [2.75, 3.05) is 6.61 Å². The number of hydrogen-bond donors (Lipinski definition) is 1. The fraction of sp³-hybridized carbons (Fsp3) is 0.545. The van der Waals surface area contributed by atoms with Gasteiger partial charge in [0.2, 0.25) is 0 Å². The van der Waals surface area contributed by atoms with E-state index in [1.54, 1.807) is 6.92 Å². The van der Waals surface area contributed by atoms with Gasteiger partial charge in [0.1, 0.15) is 0 Å². The zero-order chi connectivity index (χ0) is 13.3. The number of ether oxygens (including phenoxy) is 2. The second-order valence-corrected chi connectivity index (χ2v) is 3.17. The highest BCUT2D eigenvalue weighted by atomic mass is 16.6. The summed E-state index contributed by atoms with van der Waals surface area (Å²) in [6, 6.07) is 0. The van der Waals surface area contributed by atoms with E-state index >= 15 is 0 Å². The van der Waals surface area contributed by atoms with Crippen molar-refractivity contribution in [3.63, 3.8) is 0 Å². The van der Waals surface area contributed by atoms with Gasteiger partial charge in [-0.2, -0.15) is 0 Å². The Kier molecular flexibility index (Phi) is 7.41. The molecule has 0 aromatic heterocycles. The molecule has 0 radical (unpaired) electrons. The Morgan fingerprint density at radius 3 is 2.53 bits per heavy atom. The minimum atomic E-state index is -1.25. The number of aliphatic carboxylic acids is 1. The first-order chi connectivity index (χ1) is 8.01. The topological polar surface area (TPSA) is 89.9 Å². The summed E-state index contributed by atoms with van der Waals surface area (Å²) in [6.45, 7) is 5.13. The van der Waals surface area contributed by atoms with Crippen molar-refractivity contribution >= 4 is 17.9 Å². The maximum Gasteiger partial charge on any atom is 0.345 e. The Hall–Kier alpha value is -1.85. The van der Waals surface area contributed by atoms with Crippen molar-refractivity contribution in [2.24, 2.45) is 0 Å². The molecule has 0 bridgehead atoms. The predicted molar refractivity (Wildman–Crippen MR) is 58.2 cm³/mol. The quantitative estimate of drug-likeness (QED) is 0.504. The Bertz CT molecular complexity index is 296. The van der Waals surface area contributed by atoms with Gasteiger partial charge in [0.15, 0.2) is 6.10 Å². The monoisotopic (exact) mass is 244 g/mol. The van der Waals surface area contributed by atoms with Gasteiger partial charge in [-0.25, -0.2) is 9.59 Å². The third-order valence-electron chi connectivity index (χ3n) is 1.85. The number of carboxylic acids is 1. The smallest absolute Gasteiger partial charge is 0.345 e. The molecule has 0 heterocycles. The third kappa shape index (κ3) is 7.10. The molecule has 0 aromatic carbocycles. The molecule has 0 aliphatic heterocycles. The van der Waals surface area contributed by atoms with Gasteiger partial charge in [0.05, 0.1) is 6.61 Å². The molecule has 0 rings (SSSR count). The Morgan fingerprint density at radius 2 is 2.06 bits per heavy atom. The lowest BCUT2D eigenvalue weighted by Gasteiger charge is -2.11. The van der Waals surface area contributed by atoms with Crippen LogP contribution in [0.1, 0.15) is 26.2 Å². The Morgan fingerprint density at radius 1 is 1.41 bits per heavy atom. The van der Waals surface area contributed by atoms with Crippen LogP contribution in [0.5, 0.6) is 0 Å². The van der Waals surface area contributed by atoms with Crippen LogP contribution < -0.4 is 0 Å². The van der Waals surface area contributed by atoms with Crippen LogP contribution >= 0.6 is 0 Å². The van der Waals surface area contributed by atoms with Crippen LogP contribution in [0.3, 0.4) is 0 Å². The number of esters is 2. The second kappa shape index (κ2) is 8.32. The van der Waals surface area contributed by atoms with Gasteiger partial charge in [-0.1, -0.05) is 6.58 Å². The van der Waals surface area contributed by atoms with E-state index in [0.29, 0.717) is 0 Å². The lowest BCUT2D eigenvalue weighted by molar-refractivity contribution is -0.161. The third-order valence-corrected chi connectivity index (χ3v) is 1.85. The van der Waals surface area contributed by atoms with Gasteiger partial charge < -0.3 is 14.6 Å². The zero-order valence-electron chi connectivity index (χ0n) is 9.68. The van der Waals surface area contributed by atoms with E-state index in [-0.39, 0.29) is 25.9 Å². The van der Waals surface area contributed by atoms with Gasteiger partial charge in [-0.3, -0.25) is 4.79 Å². The average Bonchev–Trinajstić information content (AvgIpc) is 2.27. The van der Waals surface area contributed by atoms with Crippen LogP contribution in [-0.2, 0) is 23.9 Å². The minimum Gasteiger partial charge on any atom is -0.479 e. The van der Waals surface area contributed by atoms with Gasteiger partial charge in [-0.05, 0) is 19.8 Å². The summed E-state index contributed by atoms with van der Waals surface area (Å²) >= 11 is 0. The van der Waals surface area contributed by atoms with Crippen LogP contribution in [-0.4, -0.2) is 35.7 Å². The summed E-state index contributed by atoms with van der Waals surface area (Å²) in [5.41, 5.74) is 0. The molecule has 0 fully saturated rings. The molecule has 96 valence electrons. The molecule has 0 saturated heterocycles. The maximum atomic E-state index is 11.0. The van der Waals surface area contributed by atoms with E-state index in [1.807, 2.05) is 0 Å². The molecule has 6 heteroatoms. The second-order valence-electron chi connectivity index (χ2n) is 3.17. The largest absolute Gasteiger partial charge is 0.479 e. The molecule has 0 amide bonds. The van der Waals surface area contributed by atoms with Gasteiger partial charge >= 0.3 is 17.9 Å². The predicted octanol–water partition coefficient (Wildman–Crippen LogP) is 0.902. The van der Waals surface area contributed by atoms with Crippen LogP contribution in [0.15, 0.2) is 12.7 Å². The molecule has 1 atom stereocenters. The lowest BCUT2D eigenvalue weighted by Crippen LogP contribution is -2.26. The normalized spacial score (nSPS) is 11.4. The van der Waals surface area contributed by atoms with E-state index in [1.165, 1.54) is 0 Å². The van der Waals surface area contributed by atoms with Crippen LogP contribution in [0.2, 0.25) is 0 Å². The van der Waals surface area contributed by atoms with Crippen molar-refractivity contribution in [3.8, 4) is 0 Å². The van der Waals surface area contributed by atoms with E-state index in [0.717, 1.165) is 6.08 Å². The zero-order valence-corrected chi connectivity index (χ0v) is 9.68. The van der Waals surface area contributed by atoms with Crippen LogP contribution in [0.4, 0.5) is 0 Å². The van der Waals surface area contributed by atoms with E-state index < -0.39 is 24.0 Å². The molecular weight excluding hydrogens is 228 g/mol. The van der Waals surface area contributed by atoms with Crippen LogP contribution in [0.25, 0.3) is 0 Å². The summed E-state index contributed by atoms with van der Waals surface area (Å²) in [4.78, 5) is 32.5. The summed E-state index contributed by atoms with van der Waals surface area (Å²) in [5, 5.41) is 8.76. The molecule has 6 nitrogen and oxygen atoms in total. The van der Waals surface area contributed by atoms with E-state index in [2.05, 4.69) is 16.1 Å². The molecule has 0 saturated carbocycles. The number of rotatable bonds is 8. The fourth-order valence-electron chi connectivity index (χ4n) is 1.09.